The van der Waals surface area contributed by atoms with E-state index in [2.05, 4.69) is 109 Å². The number of benzene rings is 7. The van der Waals surface area contributed by atoms with Crippen LogP contribution in [0.25, 0.3) is 50.2 Å². The van der Waals surface area contributed by atoms with Gasteiger partial charge in [0.05, 0.1) is 5.56 Å². The van der Waals surface area contributed by atoms with Crippen molar-refractivity contribution in [3.63, 3.8) is 0 Å². The molecule has 0 aromatic heterocycles. The van der Waals surface area contributed by atoms with Crippen molar-refractivity contribution in [3.05, 3.63) is 191 Å². The number of hydrogen-bond donors (Lipinski definition) is 0. The van der Waals surface area contributed by atoms with E-state index in [1.54, 1.807) is 6.07 Å². The third-order valence-electron chi connectivity index (χ3n) is 10.7. The van der Waals surface area contributed by atoms with Crippen LogP contribution in [0.2, 0.25) is 0 Å². The molecule has 4 heteroatoms. The Morgan fingerprint density at radius 3 is 1.78 bits per heavy atom. The Hall–Kier alpha value is -5.87. The van der Waals surface area contributed by atoms with Crippen LogP contribution >= 0.6 is 0 Å². The number of halogens is 3. The summed E-state index contributed by atoms with van der Waals surface area (Å²) >= 11 is 0. The van der Waals surface area contributed by atoms with Crippen molar-refractivity contribution >= 4 is 16.8 Å². The fourth-order valence-corrected chi connectivity index (χ4v) is 8.28. The lowest BCUT2D eigenvalue weighted by molar-refractivity contribution is -0.137. The van der Waals surface area contributed by atoms with Crippen molar-refractivity contribution in [2.24, 2.45) is 0 Å². The number of hydrogen-bond acceptors (Lipinski definition) is 1. The average Bonchev–Trinajstić information content (AvgIpc) is 3.41. The SMILES string of the molecule is CC1(C)c2cc(C(F)(F)F)ccc2-c2c1c1c(c3ccccc23)OC(c2ccccc2)(c2ccc(-c3ccccc3-c3ccccc3)cc2)C=C1. The standard InChI is InChI=1S/C47H33F3O/c1-45(2)41-29-34(47(48,49)50)25-26-39(41)42-37-19-11-12-20-38(37)44-40(43(42)45)27-28-46(51-44,32-15-7-4-8-16-32)33-23-21-31(22-24-33)36-18-10-9-17-35(36)30-13-5-3-6-14-30/h3-29H,1-2H3. The van der Waals surface area contributed by atoms with Gasteiger partial charge in [0.25, 0.3) is 0 Å². The number of alkyl halides is 3. The zero-order valence-electron chi connectivity index (χ0n) is 28.1. The maximum Gasteiger partial charge on any atom is 0.416 e. The van der Waals surface area contributed by atoms with Crippen LogP contribution in [-0.4, -0.2) is 0 Å². The summed E-state index contributed by atoms with van der Waals surface area (Å²) in [7, 11) is 0. The van der Waals surface area contributed by atoms with E-state index >= 15 is 0 Å². The lowest BCUT2D eigenvalue weighted by Gasteiger charge is -2.38. The Bertz CT molecular complexity index is 2490. The van der Waals surface area contributed by atoms with E-state index < -0.39 is 22.8 Å². The Kier molecular flexibility index (Phi) is 6.92. The third kappa shape index (κ3) is 4.77. The van der Waals surface area contributed by atoms with Gasteiger partial charge in [0.15, 0.2) is 5.60 Å². The molecule has 1 nitrogen and oxygen atoms in total. The molecule has 51 heavy (non-hydrogen) atoms. The van der Waals surface area contributed by atoms with Gasteiger partial charge in [-0.15, -0.1) is 0 Å². The predicted molar refractivity (Wildman–Crippen MR) is 201 cm³/mol. The molecular weight excluding hydrogens is 638 g/mol. The van der Waals surface area contributed by atoms with Gasteiger partial charge in [-0.1, -0.05) is 159 Å². The molecule has 7 aromatic rings. The Morgan fingerprint density at radius 2 is 1.12 bits per heavy atom. The van der Waals surface area contributed by atoms with Gasteiger partial charge in [-0.05, 0) is 68.1 Å². The molecule has 0 spiro atoms. The van der Waals surface area contributed by atoms with Crippen LogP contribution in [0.15, 0.2) is 158 Å². The summed E-state index contributed by atoms with van der Waals surface area (Å²) in [5.74, 6) is 0.728. The Balaban J connectivity index is 1.22. The van der Waals surface area contributed by atoms with E-state index in [0.29, 0.717) is 5.56 Å². The van der Waals surface area contributed by atoms with Gasteiger partial charge in [-0.2, -0.15) is 13.2 Å². The minimum absolute atomic E-state index is 0.634. The largest absolute Gasteiger partial charge is 0.472 e. The molecular formula is C47H33F3O. The van der Waals surface area contributed by atoms with E-state index in [1.807, 2.05) is 50.2 Å². The highest BCUT2D eigenvalue weighted by molar-refractivity contribution is 6.08. The van der Waals surface area contributed by atoms with Gasteiger partial charge in [0.2, 0.25) is 0 Å². The Morgan fingerprint density at radius 1 is 0.549 bits per heavy atom. The molecule has 9 rings (SSSR count). The second kappa shape index (κ2) is 11.3. The summed E-state index contributed by atoms with van der Waals surface area (Å²) in [5, 5.41) is 1.89. The van der Waals surface area contributed by atoms with Gasteiger partial charge in [0.1, 0.15) is 5.75 Å². The minimum Gasteiger partial charge on any atom is -0.472 e. The summed E-state index contributed by atoms with van der Waals surface area (Å²) < 4.78 is 49.2. The molecule has 248 valence electrons. The van der Waals surface area contributed by atoms with Crippen molar-refractivity contribution in [2.75, 3.05) is 0 Å². The monoisotopic (exact) mass is 670 g/mol. The molecule has 7 aromatic carbocycles. The highest BCUT2D eigenvalue weighted by Crippen LogP contribution is 2.58. The first-order chi connectivity index (χ1) is 24.7. The van der Waals surface area contributed by atoms with Crippen molar-refractivity contribution in [2.45, 2.75) is 31.0 Å². The highest BCUT2D eigenvalue weighted by atomic mass is 19.4. The smallest absolute Gasteiger partial charge is 0.416 e. The highest BCUT2D eigenvalue weighted by Gasteiger charge is 2.45. The molecule has 0 bridgehead atoms. The van der Waals surface area contributed by atoms with Crippen LogP contribution in [0.5, 0.6) is 5.75 Å². The first-order valence-corrected chi connectivity index (χ1v) is 17.2. The number of rotatable bonds is 4. The van der Waals surface area contributed by atoms with Crippen LogP contribution in [0.1, 0.15) is 47.2 Å². The minimum atomic E-state index is -4.43. The Labute approximate surface area is 295 Å². The molecule has 0 radical (unpaired) electrons. The van der Waals surface area contributed by atoms with E-state index in [4.69, 9.17) is 4.74 Å². The summed E-state index contributed by atoms with van der Waals surface area (Å²) in [4.78, 5) is 0. The van der Waals surface area contributed by atoms with Crippen LogP contribution in [-0.2, 0) is 17.2 Å². The quantitative estimate of drug-likeness (QED) is 0.181. The van der Waals surface area contributed by atoms with Gasteiger partial charge < -0.3 is 4.74 Å². The van der Waals surface area contributed by atoms with Crippen molar-refractivity contribution in [1.82, 2.24) is 0 Å². The van der Waals surface area contributed by atoms with Crippen molar-refractivity contribution in [3.8, 4) is 39.1 Å². The second-order valence-electron chi connectivity index (χ2n) is 13.9. The molecule has 0 N–H and O–H groups in total. The average molecular weight is 671 g/mol. The molecule has 1 unspecified atom stereocenters. The summed E-state index contributed by atoms with van der Waals surface area (Å²) in [6.07, 6.45) is -0.181. The van der Waals surface area contributed by atoms with E-state index in [9.17, 15) is 13.2 Å². The normalized spacial score (nSPS) is 17.0. The van der Waals surface area contributed by atoms with Gasteiger partial charge >= 0.3 is 6.18 Å². The summed E-state index contributed by atoms with van der Waals surface area (Å²) in [5.41, 5.74) is 8.59. The lowest BCUT2D eigenvalue weighted by atomic mass is 9.76. The second-order valence-corrected chi connectivity index (χ2v) is 13.9. The molecule has 1 atom stereocenters. The molecule has 0 fully saturated rings. The maximum absolute atomic E-state index is 14.0. The zero-order chi connectivity index (χ0) is 35.0. The fraction of sp³-hybridized carbons (Fsp3) is 0.106. The molecule has 1 aliphatic heterocycles. The topological polar surface area (TPSA) is 9.23 Å². The van der Waals surface area contributed by atoms with Crippen LogP contribution < -0.4 is 4.74 Å². The molecule has 2 aliphatic rings. The first-order valence-electron chi connectivity index (χ1n) is 17.2. The van der Waals surface area contributed by atoms with Gasteiger partial charge in [-0.25, -0.2) is 0 Å². The maximum atomic E-state index is 14.0. The van der Waals surface area contributed by atoms with Crippen LogP contribution in [0.3, 0.4) is 0 Å². The lowest BCUT2D eigenvalue weighted by Crippen LogP contribution is -2.35. The third-order valence-corrected chi connectivity index (χ3v) is 10.7. The molecule has 1 heterocycles. The van der Waals surface area contributed by atoms with Crippen LogP contribution in [0, 0.1) is 0 Å². The summed E-state index contributed by atoms with van der Waals surface area (Å²) in [6.45, 7) is 4.04. The number of ether oxygens (including phenoxy) is 1. The van der Waals surface area contributed by atoms with Crippen molar-refractivity contribution < 1.29 is 17.9 Å². The molecule has 1 aliphatic carbocycles. The van der Waals surface area contributed by atoms with Gasteiger partial charge in [-0.3, -0.25) is 0 Å². The zero-order valence-corrected chi connectivity index (χ0v) is 28.1. The first kappa shape index (κ1) is 31.1. The van der Waals surface area contributed by atoms with Gasteiger partial charge in [0, 0.05) is 27.5 Å². The summed E-state index contributed by atoms with van der Waals surface area (Å²) in [6, 6.07) is 49.9. The molecule has 0 amide bonds. The van der Waals surface area contributed by atoms with E-state index in [-0.39, 0.29) is 0 Å². The predicted octanol–water partition coefficient (Wildman–Crippen LogP) is 12.8. The van der Waals surface area contributed by atoms with E-state index in [1.165, 1.54) is 12.1 Å². The van der Waals surface area contributed by atoms with Crippen LogP contribution in [0.4, 0.5) is 13.2 Å². The van der Waals surface area contributed by atoms with E-state index in [0.717, 1.165) is 72.2 Å². The van der Waals surface area contributed by atoms with Crippen molar-refractivity contribution in [1.29, 1.82) is 0 Å². The molecule has 0 saturated carbocycles. The number of fused-ring (bicyclic) bond motifs is 8. The molecule has 0 saturated heterocycles. The fourth-order valence-electron chi connectivity index (χ4n) is 8.28.